The predicted octanol–water partition coefficient (Wildman–Crippen LogP) is 10.4. The number of benzene rings is 2. The van der Waals surface area contributed by atoms with Crippen molar-refractivity contribution in [3.63, 3.8) is 0 Å². The van der Waals surface area contributed by atoms with E-state index >= 15 is 0 Å². The Balaban J connectivity index is 0.000000465. The Labute approximate surface area is 246 Å². The fourth-order valence-corrected chi connectivity index (χ4v) is 3.67. The molecule has 0 aliphatic heterocycles. The Morgan fingerprint density at radius 3 is 1.03 bits per heavy atom. The third-order valence-corrected chi connectivity index (χ3v) is 6.97. The smallest absolute Gasteiger partial charge is 0.115 e. The topological polar surface area (TPSA) is 40.5 Å². The van der Waals surface area contributed by atoms with Gasteiger partial charge in [-0.25, -0.2) is 0 Å². The number of hydrogen-bond donors (Lipinski definition) is 2. The molecule has 2 aromatic rings. The van der Waals surface area contributed by atoms with Gasteiger partial charge in [-0.15, -0.1) is 0 Å². The zero-order valence-corrected chi connectivity index (χ0v) is 27.2. The summed E-state index contributed by atoms with van der Waals surface area (Å²) in [6.07, 6.45) is 6.92. The first-order valence-corrected chi connectivity index (χ1v) is 13.1. The first kappa shape index (κ1) is 34.9. The Bertz CT molecular complexity index is 1010. The number of hydrogen-bond acceptors (Lipinski definition) is 2. The van der Waals surface area contributed by atoms with Gasteiger partial charge in [0, 0.05) is 26.2 Å². The van der Waals surface area contributed by atoms with Crippen LogP contribution in [0, 0.1) is 0 Å². The van der Waals surface area contributed by atoms with Crippen molar-refractivity contribution in [2.45, 2.75) is 93.9 Å². The van der Waals surface area contributed by atoms with Crippen LogP contribution < -0.4 is 0 Å². The van der Waals surface area contributed by atoms with Crippen LogP contribution in [-0.4, -0.2) is 10.2 Å². The third-order valence-electron chi connectivity index (χ3n) is 6.97. The molecule has 0 aromatic heterocycles. The summed E-state index contributed by atoms with van der Waals surface area (Å²) in [7, 11) is 0. The molecule has 0 spiro atoms. The van der Waals surface area contributed by atoms with E-state index in [-0.39, 0.29) is 26.2 Å². The molecule has 2 N–H and O–H groups in total. The summed E-state index contributed by atoms with van der Waals surface area (Å²) in [4.78, 5) is 0. The summed E-state index contributed by atoms with van der Waals surface area (Å²) >= 11 is 0. The van der Waals surface area contributed by atoms with E-state index in [1.54, 1.807) is 24.3 Å². The van der Waals surface area contributed by atoms with Crippen molar-refractivity contribution in [1.82, 2.24) is 0 Å². The Hall–Kier alpha value is -2.12. The Kier molecular flexibility index (Phi) is 16.4. The van der Waals surface area contributed by atoms with Crippen molar-refractivity contribution >= 4 is 0 Å². The average Bonchev–Trinajstić information content (AvgIpc) is 3.29. The number of aromatic hydroxyl groups is 2. The molecule has 0 fully saturated rings. The molecule has 0 saturated heterocycles. The molecule has 0 amide bonds. The van der Waals surface area contributed by atoms with Gasteiger partial charge in [0.1, 0.15) is 11.5 Å². The summed E-state index contributed by atoms with van der Waals surface area (Å²) in [5.74, 6) is 1.69. The Morgan fingerprint density at radius 1 is 0.568 bits per heavy atom. The molecule has 0 saturated carbocycles. The first-order chi connectivity index (χ1) is 16.8. The number of phenolic OH excluding ortho intramolecular Hbond substituents is 2. The van der Waals surface area contributed by atoms with Gasteiger partial charge in [-0.2, -0.15) is 0 Å². The zero-order valence-electron chi connectivity index (χ0n) is 24.7. The Morgan fingerprint density at radius 2 is 0.892 bits per heavy atom. The maximum atomic E-state index is 9.06. The van der Waals surface area contributed by atoms with Gasteiger partial charge in [0.2, 0.25) is 0 Å². The molecule has 37 heavy (non-hydrogen) atoms. The van der Waals surface area contributed by atoms with Crippen LogP contribution in [0.1, 0.15) is 105 Å². The van der Waals surface area contributed by atoms with Crippen molar-refractivity contribution in [2.24, 2.45) is 0 Å². The first-order valence-electron chi connectivity index (χ1n) is 13.1. The van der Waals surface area contributed by atoms with Crippen LogP contribution in [0.2, 0.25) is 0 Å². The summed E-state index contributed by atoms with van der Waals surface area (Å²) in [6, 6.07) is 14.7. The van der Waals surface area contributed by atoms with Crippen LogP contribution in [0.3, 0.4) is 0 Å². The summed E-state index contributed by atoms with van der Waals surface area (Å²) < 4.78 is 0. The largest absolute Gasteiger partial charge is 0.508 e. The van der Waals surface area contributed by atoms with Gasteiger partial charge >= 0.3 is 0 Å². The van der Waals surface area contributed by atoms with Crippen LogP contribution in [0.5, 0.6) is 11.5 Å². The van der Waals surface area contributed by atoms with Crippen molar-refractivity contribution in [3.05, 3.63) is 105 Å². The molecule has 0 heterocycles. The van der Waals surface area contributed by atoms with E-state index in [4.69, 9.17) is 10.2 Å². The van der Waals surface area contributed by atoms with E-state index in [2.05, 4.69) is 81.4 Å². The fraction of sp³-hybridized carbons (Fsp3) is 0.412. The molecule has 2 aliphatic carbocycles. The molecule has 2 aliphatic rings. The summed E-state index contributed by atoms with van der Waals surface area (Å²) in [6.45, 7) is 21.5. The van der Waals surface area contributed by atoms with Crippen LogP contribution in [0.25, 0.3) is 0 Å². The van der Waals surface area contributed by atoms with Gasteiger partial charge in [-0.1, -0.05) is 86.4 Å². The maximum absolute atomic E-state index is 9.06. The second-order valence-electron chi connectivity index (χ2n) is 10.5. The third kappa shape index (κ3) is 12.8. The van der Waals surface area contributed by atoms with E-state index in [1.165, 1.54) is 57.4 Å². The van der Waals surface area contributed by atoms with Crippen LogP contribution in [0.4, 0.5) is 0 Å². The minimum atomic E-state index is 0. The van der Waals surface area contributed by atoms with Crippen molar-refractivity contribution in [3.8, 4) is 11.5 Å². The molecule has 2 nitrogen and oxygen atoms in total. The molecule has 200 valence electrons. The van der Waals surface area contributed by atoms with Crippen LogP contribution >= 0.6 is 0 Å². The SMILES string of the molecule is CC(C)c1cccc(O)c1.CC(C)c1cccc(O)c1.CC1=CCC(C)=C1C.CC1=CCC(C)=C1C.[Zr]. The minimum Gasteiger partial charge on any atom is -0.508 e. The normalized spacial score (nSPS) is 14.1. The van der Waals surface area contributed by atoms with Gasteiger partial charge in [0.25, 0.3) is 0 Å². The molecular formula is C34H48O2Zr. The van der Waals surface area contributed by atoms with Gasteiger partial charge < -0.3 is 10.2 Å². The van der Waals surface area contributed by atoms with E-state index in [9.17, 15) is 0 Å². The molecule has 0 bridgehead atoms. The van der Waals surface area contributed by atoms with E-state index in [0.717, 1.165) is 0 Å². The monoisotopic (exact) mass is 578 g/mol. The van der Waals surface area contributed by atoms with E-state index < -0.39 is 0 Å². The number of phenols is 2. The van der Waals surface area contributed by atoms with Gasteiger partial charge in [0.05, 0.1) is 0 Å². The van der Waals surface area contributed by atoms with Crippen LogP contribution in [-0.2, 0) is 26.2 Å². The minimum absolute atomic E-state index is 0. The van der Waals surface area contributed by atoms with Gasteiger partial charge in [-0.3, -0.25) is 0 Å². The molecular weight excluding hydrogens is 532 g/mol. The summed E-state index contributed by atoms with van der Waals surface area (Å²) in [5, 5.41) is 18.1. The van der Waals surface area contributed by atoms with Gasteiger partial charge in [-0.05, 0) is 113 Å². The number of rotatable bonds is 2. The summed E-state index contributed by atoms with van der Waals surface area (Å²) in [5.41, 5.74) is 11.3. The van der Waals surface area contributed by atoms with E-state index in [1.807, 2.05) is 24.3 Å². The molecule has 4 rings (SSSR count). The number of allylic oxidation sites excluding steroid dienone is 8. The van der Waals surface area contributed by atoms with Crippen LogP contribution in [0.15, 0.2) is 94.1 Å². The standard InChI is InChI=1S/2C9H12O.2C8H12.Zr/c2*1-7(2)8-4-3-5-9(10)6-8;2*1-6-4-5-7(2)8(6)3;/h2*3-7,10H,1-2H3;2*4H,5H2,1-3H3;. The van der Waals surface area contributed by atoms with Crippen molar-refractivity contribution in [1.29, 1.82) is 0 Å². The second kappa shape index (κ2) is 17.4. The van der Waals surface area contributed by atoms with Gasteiger partial charge in [0.15, 0.2) is 0 Å². The fourth-order valence-electron chi connectivity index (χ4n) is 3.67. The molecule has 0 unspecified atom stereocenters. The molecule has 3 heteroatoms. The predicted molar refractivity (Wildman–Crippen MR) is 158 cm³/mol. The molecule has 0 radical (unpaired) electrons. The quantitative estimate of drug-likeness (QED) is 0.371. The zero-order chi connectivity index (χ0) is 27.4. The average molecular weight is 580 g/mol. The molecule has 0 atom stereocenters. The molecule has 2 aromatic carbocycles. The van der Waals surface area contributed by atoms with Crippen molar-refractivity contribution in [2.75, 3.05) is 0 Å². The maximum Gasteiger partial charge on any atom is 0.115 e. The second-order valence-corrected chi connectivity index (χ2v) is 10.5. The van der Waals surface area contributed by atoms with E-state index in [0.29, 0.717) is 23.3 Å². The van der Waals surface area contributed by atoms with Crippen molar-refractivity contribution < 1.29 is 36.4 Å².